The highest BCUT2D eigenvalue weighted by atomic mass is 16.5. The quantitative estimate of drug-likeness (QED) is 0.585. The van der Waals surface area contributed by atoms with Crippen molar-refractivity contribution in [3.05, 3.63) is 89.7 Å². The summed E-state index contributed by atoms with van der Waals surface area (Å²) in [6.45, 7) is 3.90. The molecule has 0 saturated carbocycles. The van der Waals surface area contributed by atoms with Crippen LogP contribution in [0, 0.1) is 0 Å². The molecule has 0 saturated heterocycles. The van der Waals surface area contributed by atoms with Crippen molar-refractivity contribution in [2.75, 3.05) is 14.2 Å². The lowest BCUT2D eigenvalue weighted by Gasteiger charge is -2.28. The lowest BCUT2D eigenvalue weighted by Crippen LogP contribution is -2.32. The van der Waals surface area contributed by atoms with Crippen LogP contribution in [0.4, 0.5) is 0 Å². The molecule has 5 heteroatoms. The molecule has 3 aromatic rings. The second-order valence-corrected chi connectivity index (χ2v) is 7.02. The van der Waals surface area contributed by atoms with E-state index in [0.29, 0.717) is 17.1 Å². The molecule has 0 radical (unpaired) electrons. The molecule has 0 aliphatic rings. The van der Waals surface area contributed by atoms with Gasteiger partial charge in [-0.3, -0.25) is 9.78 Å². The van der Waals surface area contributed by atoms with Gasteiger partial charge >= 0.3 is 0 Å². The smallest absolute Gasteiger partial charge is 0.254 e. The highest BCUT2D eigenvalue weighted by Crippen LogP contribution is 2.32. The van der Waals surface area contributed by atoms with Crippen molar-refractivity contribution in [3.8, 4) is 11.5 Å². The van der Waals surface area contributed by atoms with E-state index in [1.807, 2.05) is 62.4 Å². The zero-order valence-electron chi connectivity index (χ0n) is 17.2. The standard InChI is InChI=1S/C24H26N2O3/c1-17(2)29-21-14-13-19(16-22(21)28-4)24(27)26(3)23(18-10-6-5-7-11-18)20-12-8-9-15-25-20/h5-17,23H,1-4H3. The van der Waals surface area contributed by atoms with Gasteiger partial charge in [0.15, 0.2) is 11.5 Å². The zero-order chi connectivity index (χ0) is 20.8. The average Bonchev–Trinajstić information content (AvgIpc) is 2.75. The minimum absolute atomic E-state index is 0.0136. The Morgan fingerprint density at radius 2 is 1.69 bits per heavy atom. The maximum Gasteiger partial charge on any atom is 0.254 e. The van der Waals surface area contributed by atoms with E-state index in [4.69, 9.17) is 9.47 Å². The molecule has 29 heavy (non-hydrogen) atoms. The monoisotopic (exact) mass is 390 g/mol. The van der Waals surface area contributed by atoms with Crippen LogP contribution in [0.2, 0.25) is 0 Å². The molecule has 1 amide bonds. The van der Waals surface area contributed by atoms with Gasteiger partial charge in [0.1, 0.15) is 0 Å². The number of pyridine rings is 1. The third-order valence-electron chi connectivity index (χ3n) is 4.56. The molecule has 0 fully saturated rings. The largest absolute Gasteiger partial charge is 0.493 e. The maximum absolute atomic E-state index is 13.3. The fourth-order valence-corrected chi connectivity index (χ4v) is 3.24. The number of methoxy groups -OCH3 is 1. The second-order valence-electron chi connectivity index (χ2n) is 7.02. The number of aromatic nitrogens is 1. The van der Waals surface area contributed by atoms with E-state index in [1.54, 1.807) is 43.5 Å². The predicted molar refractivity (Wildman–Crippen MR) is 113 cm³/mol. The van der Waals surface area contributed by atoms with Gasteiger partial charge in [-0.15, -0.1) is 0 Å². The predicted octanol–water partition coefficient (Wildman–Crippen LogP) is 4.74. The Hall–Kier alpha value is -3.34. The summed E-state index contributed by atoms with van der Waals surface area (Å²) in [6, 6.07) is 20.6. The van der Waals surface area contributed by atoms with E-state index in [2.05, 4.69) is 4.98 Å². The minimum atomic E-state index is -0.303. The number of hydrogen-bond donors (Lipinski definition) is 0. The van der Waals surface area contributed by atoms with Crippen molar-refractivity contribution in [2.24, 2.45) is 0 Å². The van der Waals surface area contributed by atoms with Gasteiger partial charge in [-0.25, -0.2) is 0 Å². The summed E-state index contributed by atoms with van der Waals surface area (Å²) in [4.78, 5) is 19.5. The van der Waals surface area contributed by atoms with Crippen LogP contribution in [0.25, 0.3) is 0 Å². The van der Waals surface area contributed by atoms with E-state index in [0.717, 1.165) is 11.3 Å². The van der Waals surface area contributed by atoms with Gasteiger partial charge in [-0.05, 0) is 49.7 Å². The van der Waals surface area contributed by atoms with Crippen LogP contribution in [-0.4, -0.2) is 36.1 Å². The Morgan fingerprint density at radius 3 is 2.31 bits per heavy atom. The molecule has 3 rings (SSSR count). The second kappa shape index (κ2) is 9.24. The van der Waals surface area contributed by atoms with E-state index in [-0.39, 0.29) is 18.1 Å². The van der Waals surface area contributed by atoms with Crippen LogP contribution < -0.4 is 9.47 Å². The van der Waals surface area contributed by atoms with Gasteiger partial charge in [0.25, 0.3) is 5.91 Å². The van der Waals surface area contributed by atoms with Gasteiger partial charge < -0.3 is 14.4 Å². The Bertz CT molecular complexity index is 903. The van der Waals surface area contributed by atoms with Crippen molar-refractivity contribution >= 4 is 5.91 Å². The first-order valence-corrected chi connectivity index (χ1v) is 9.59. The van der Waals surface area contributed by atoms with Gasteiger partial charge in [0, 0.05) is 18.8 Å². The maximum atomic E-state index is 13.3. The third-order valence-corrected chi connectivity index (χ3v) is 4.56. The van der Waals surface area contributed by atoms with Gasteiger partial charge in [-0.1, -0.05) is 36.4 Å². The van der Waals surface area contributed by atoms with Crippen molar-refractivity contribution < 1.29 is 14.3 Å². The van der Waals surface area contributed by atoms with Crippen LogP contribution in [0.3, 0.4) is 0 Å². The first kappa shape index (κ1) is 20.4. The lowest BCUT2D eigenvalue weighted by atomic mass is 10.0. The molecular formula is C24H26N2O3. The fourth-order valence-electron chi connectivity index (χ4n) is 3.24. The van der Waals surface area contributed by atoms with Gasteiger partial charge in [0.2, 0.25) is 0 Å². The molecule has 150 valence electrons. The summed E-state index contributed by atoms with van der Waals surface area (Å²) in [7, 11) is 3.36. The molecule has 1 aromatic heterocycles. The number of nitrogens with zero attached hydrogens (tertiary/aromatic N) is 2. The number of carbonyl (C=O) groups excluding carboxylic acids is 1. The molecule has 0 bridgehead atoms. The minimum Gasteiger partial charge on any atom is -0.493 e. The first-order valence-electron chi connectivity index (χ1n) is 9.59. The molecule has 2 aromatic carbocycles. The number of carbonyl (C=O) groups is 1. The van der Waals surface area contributed by atoms with Crippen molar-refractivity contribution in [3.63, 3.8) is 0 Å². The highest BCUT2D eigenvalue weighted by molar-refractivity contribution is 5.95. The Labute approximate surface area is 171 Å². The number of rotatable bonds is 7. The Balaban J connectivity index is 1.96. The van der Waals surface area contributed by atoms with Crippen molar-refractivity contribution in [1.82, 2.24) is 9.88 Å². The molecule has 1 unspecified atom stereocenters. The SMILES string of the molecule is COc1cc(C(=O)N(C)C(c2ccccc2)c2ccccn2)ccc1OC(C)C. The molecule has 1 heterocycles. The van der Waals surface area contributed by atoms with Crippen LogP contribution in [0.5, 0.6) is 11.5 Å². The summed E-state index contributed by atoms with van der Waals surface area (Å²) in [5.41, 5.74) is 2.33. The number of amides is 1. The van der Waals surface area contributed by atoms with Gasteiger partial charge in [0.05, 0.1) is 24.9 Å². The molecule has 0 aliphatic heterocycles. The van der Waals surface area contributed by atoms with Crippen LogP contribution in [-0.2, 0) is 0 Å². The summed E-state index contributed by atoms with van der Waals surface area (Å²) < 4.78 is 11.2. The van der Waals surface area contributed by atoms with E-state index < -0.39 is 0 Å². The van der Waals surface area contributed by atoms with Crippen LogP contribution in [0.1, 0.15) is 41.5 Å². The number of benzene rings is 2. The van der Waals surface area contributed by atoms with E-state index >= 15 is 0 Å². The van der Waals surface area contributed by atoms with Gasteiger partial charge in [-0.2, -0.15) is 0 Å². The van der Waals surface area contributed by atoms with E-state index in [1.165, 1.54) is 0 Å². The van der Waals surface area contributed by atoms with Crippen molar-refractivity contribution in [1.29, 1.82) is 0 Å². The zero-order valence-corrected chi connectivity index (χ0v) is 17.2. The first-order chi connectivity index (χ1) is 14.0. The molecule has 0 N–H and O–H groups in total. The Morgan fingerprint density at radius 1 is 0.966 bits per heavy atom. The third kappa shape index (κ3) is 4.74. The summed E-state index contributed by atoms with van der Waals surface area (Å²) in [6.07, 6.45) is 1.75. The normalized spacial score (nSPS) is 11.8. The van der Waals surface area contributed by atoms with Crippen molar-refractivity contribution in [2.45, 2.75) is 26.0 Å². The molecule has 5 nitrogen and oxygen atoms in total. The summed E-state index contributed by atoms with van der Waals surface area (Å²) >= 11 is 0. The van der Waals surface area contributed by atoms with Crippen LogP contribution in [0.15, 0.2) is 72.9 Å². The average molecular weight is 390 g/mol. The Kier molecular flexibility index (Phi) is 6.50. The lowest BCUT2D eigenvalue weighted by molar-refractivity contribution is 0.0752. The summed E-state index contributed by atoms with van der Waals surface area (Å²) in [5, 5.41) is 0. The molecule has 1 atom stereocenters. The fraction of sp³-hybridized carbons (Fsp3) is 0.250. The van der Waals surface area contributed by atoms with E-state index in [9.17, 15) is 4.79 Å². The number of hydrogen-bond acceptors (Lipinski definition) is 4. The van der Waals surface area contributed by atoms with Crippen LogP contribution >= 0.6 is 0 Å². The molecular weight excluding hydrogens is 364 g/mol. The number of ether oxygens (including phenoxy) is 2. The molecule has 0 spiro atoms. The molecule has 0 aliphatic carbocycles. The topological polar surface area (TPSA) is 51.7 Å². The highest BCUT2D eigenvalue weighted by Gasteiger charge is 2.26. The summed E-state index contributed by atoms with van der Waals surface area (Å²) in [5.74, 6) is 1.02.